The molecule has 1 aromatic carbocycles. The normalized spacial score (nSPS) is 29.5. The fourth-order valence-corrected chi connectivity index (χ4v) is 5.22. The molecule has 0 spiro atoms. The zero-order valence-corrected chi connectivity index (χ0v) is 15.1. The van der Waals surface area contributed by atoms with Crippen molar-refractivity contribution in [2.24, 2.45) is 0 Å². The molecule has 4 heteroatoms. The summed E-state index contributed by atoms with van der Waals surface area (Å²) in [6.07, 6.45) is 7.94. The summed E-state index contributed by atoms with van der Waals surface area (Å²) in [4.78, 5) is 15.7. The third-order valence-electron chi connectivity index (χ3n) is 6.05. The van der Waals surface area contributed by atoms with Crippen molar-refractivity contribution >= 4 is 21.8 Å². The van der Waals surface area contributed by atoms with E-state index in [1.807, 2.05) is 6.07 Å². The van der Waals surface area contributed by atoms with Crippen LogP contribution >= 0.6 is 15.9 Å². The molecule has 3 aliphatic rings. The van der Waals surface area contributed by atoms with Crippen LogP contribution in [-0.4, -0.2) is 36.0 Å². The van der Waals surface area contributed by atoms with Crippen molar-refractivity contribution in [1.82, 2.24) is 10.2 Å². The highest BCUT2D eigenvalue weighted by atomic mass is 79.9. The van der Waals surface area contributed by atoms with Gasteiger partial charge in [0, 0.05) is 29.6 Å². The number of carbonyl (C=O) groups excluding carboxylic acids is 1. The number of hydrogen-bond donors (Lipinski definition) is 1. The Bertz CT molecular complexity index is 597. The van der Waals surface area contributed by atoms with Crippen molar-refractivity contribution in [2.75, 3.05) is 13.1 Å². The first-order valence-corrected chi connectivity index (χ1v) is 9.78. The summed E-state index contributed by atoms with van der Waals surface area (Å²) in [5.74, 6) is 0.377. The molecule has 1 aliphatic carbocycles. The van der Waals surface area contributed by atoms with Crippen LogP contribution in [0.3, 0.4) is 0 Å². The minimum Gasteiger partial charge on any atom is -0.340 e. The second-order valence-electron chi connectivity index (χ2n) is 7.48. The van der Waals surface area contributed by atoms with Crippen LogP contribution in [0.15, 0.2) is 28.7 Å². The smallest absolute Gasteiger partial charge is 0.233 e. The number of nitrogens with one attached hydrogen (secondary N) is 1. The summed E-state index contributed by atoms with van der Waals surface area (Å²) < 4.78 is 1.07. The Hall–Kier alpha value is -0.870. The van der Waals surface area contributed by atoms with Gasteiger partial charge in [-0.25, -0.2) is 0 Å². The molecule has 0 radical (unpaired) electrons. The van der Waals surface area contributed by atoms with E-state index >= 15 is 0 Å². The van der Waals surface area contributed by atoms with E-state index in [1.54, 1.807) is 0 Å². The van der Waals surface area contributed by atoms with E-state index in [0.717, 1.165) is 49.7 Å². The molecular formula is C19H25BrN2O. The molecule has 0 aromatic heterocycles. The topological polar surface area (TPSA) is 32.3 Å². The first-order valence-electron chi connectivity index (χ1n) is 8.99. The lowest BCUT2D eigenvalue weighted by atomic mass is 9.77. The van der Waals surface area contributed by atoms with Gasteiger partial charge in [-0.1, -0.05) is 40.9 Å². The van der Waals surface area contributed by atoms with Crippen molar-refractivity contribution in [1.29, 1.82) is 0 Å². The third-order valence-corrected chi connectivity index (χ3v) is 6.55. The first kappa shape index (κ1) is 15.6. The van der Waals surface area contributed by atoms with Crippen LogP contribution in [0.25, 0.3) is 0 Å². The van der Waals surface area contributed by atoms with Crippen molar-refractivity contribution in [3.63, 3.8) is 0 Å². The minimum atomic E-state index is -0.284. The second kappa shape index (κ2) is 6.21. The van der Waals surface area contributed by atoms with Crippen LogP contribution in [0.5, 0.6) is 0 Å². The number of fused-ring (bicyclic) bond motifs is 2. The van der Waals surface area contributed by atoms with Gasteiger partial charge in [-0.3, -0.25) is 4.79 Å². The van der Waals surface area contributed by atoms with E-state index in [2.05, 4.69) is 44.3 Å². The number of hydrogen-bond acceptors (Lipinski definition) is 2. The molecule has 1 aromatic rings. The van der Waals surface area contributed by atoms with E-state index in [0.29, 0.717) is 18.0 Å². The Morgan fingerprint density at radius 3 is 2.74 bits per heavy atom. The maximum Gasteiger partial charge on any atom is 0.233 e. The fourth-order valence-electron chi connectivity index (χ4n) is 4.82. The summed E-state index contributed by atoms with van der Waals surface area (Å²) >= 11 is 3.58. The third kappa shape index (κ3) is 2.85. The zero-order chi connectivity index (χ0) is 15.9. The van der Waals surface area contributed by atoms with Crippen molar-refractivity contribution in [2.45, 2.75) is 62.4 Å². The molecule has 2 saturated heterocycles. The maximum absolute atomic E-state index is 13.5. The van der Waals surface area contributed by atoms with Crippen molar-refractivity contribution in [3.8, 4) is 0 Å². The van der Waals surface area contributed by atoms with Gasteiger partial charge in [-0.15, -0.1) is 0 Å². The molecule has 2 heterocycles. The van der Waals surface area contributed by atoms with Crippen molar-refractivity contribution < 1.29 is 4.79 Å². The number of benzene rings is 1. The molecule has 3 fully saturated rings. The van der Waals surface area contributed by atoms with Gasteiger partial charge < -0.3 is 10.2 Å². The lowest BCUT2D eigenvalue weighted by Crippen LogP contribution is -2.48. The molecule has 2 bridgehead atoms. The lowest BCUT2D eigenvalue weighted by Gasteiger charge is -2.35. The van der Waals surface area contributed by atoms with Crippen molar-refractivity contribution in [3.05, 3.63) is 34.3 Å². The zero-order valence-electron chi connectivity index (χ0n) is 13.6. The molecule has 23 heavy (non-hydrogen) atoms. The number of rotatable bonds is 2. The molecule has 1 N–H and O–H groups in total. The largest absolute Gasteiger partial charge is 0.340 e. The monoisotopic (exact) mass is 376 g/mol. The second-order valence-corrected chi connectivity index (χ2v) is 8.39. The van der Waals surface area contributed by atoms with Gasteiger partial charge in [0.15, 0.2) is 0 Å². The summed E-state index contributed by atoms with van der Waals surface area (Å²) in [6, 6.07) is 9.56. The number of amides is 1. The molecule has 1 amide bonds. The molecule has 3 nitrogen and oxygen atoms in total. The predicted molar refractivity (Wildman–Crippen MR) is 95.4 cm³/mol. The van der Waals surface area contributed by atoms with Crippen LogP contribution in [0, 0.1) is 0 Å². The highest BCUT2D eigenvalue weighted by Crippen LogP contribution is 2.43. The van der Waals surface area contributed by atoms with Gasteiger partial charge in [0.2, 0.25) is 5.91 Å². The standard InChI is InChI=1S/C19H25BrN2O/c20-15-5-3-4-14(12-15)19(9-1-2-10-19)18(23)22-11-8-16-6-7-17(13-22)21-16/h3-5,12,16-17,21H,1-2,6-11,13H2. The van der Waals surface area contributed by atoms with Crippen LogP contribution in [0.2, 0.25) is 0 Å². The first-order chi connectivity index (χ1) is 11.2. The highest BCUT2D eigenvalue weighted by molar-refractivity contribution is 9.10. The molecule has 2 unspecified atom stereocenters. The Labute approximate surface area is 146 Å². The van der Waals surface area contributed by atoms with E-state index in [9.17, 15) is 4.79 Å². The summed E-state index contributed by atoms with van der Waals surface area (Å²) in [5.41, 5.74) is 0.921. The SMILES string of the molecule is O=C(N1CCC2CCC(C1)N2)C1(c2cccc(Br)c2)CCCC1. The van der Waals surface area contributed by atoms with E-state index < -0.39 is 0 Å². The number of halogens is 1. The van der Waals surface area contributed by atoms with E-state index in [1.165, 1.54) is 18.4 Å². The van der Waals surface area contributed by atoms with Gasteiger partial charge in [0.05, 0.1) is 5.41 Å². The van der Waals surface area contributed by atoms with Crippen LogP contribution < -0.4 is 5.32 Å². The molecule has 2 aliphatic heterocycles. The Morgan fingerprint density at radius 2 is 1.96 bits per heavy atom. The fraction of sp³-hybridized carbons (Fsp3) is 0.632. The highest BCUT2D eigenvalue weighted by Gasteiger charge is 2.46. The summed E-state index contributed by atoms with van der Waals surface area (Å²) in [6.45, 7) is 1.81. The number of nitrogens with zero attached hydrogens (tertiary/aromatic N) is 1. The quantitative estimate of drug-likeness (QED) is 0.854. The van der Waals surface area contributed by atoms with Crippen LogP contribution in [0.4, 0.5) is 0 Å². The number of likely N-dealkylation sites (tertiary alicyclic amines) is 1. The lowest BCUT2D eigenvalue weighted by molar-refractivity contribution is -0.137. The van der Waals surface area contributed by atoms with Crippen LogP contribution in [0.1, 0.15) is 50.5 Å². The Balaban J connectivity index is 1.63. The molecule has 1 saturated carbocycles. The minimum absolute atomic E-state index is 0.284. The average molecular weight is 377 g/mol. The predicted octanol–water partition coefficient (Wildman–Crippen LogP) is 3.61. The Kier molecular flexibility index (Phi) is 4.22. The van der Waals surface area contributed by atoms with E-state index in [-0.39, 0.29) is 5.41 Å². The number of carbonyl (C=O) groups is 1. The van der Waals surface area contributed by atoms with Gasteiger partial charge in [0.25, 0.3) is 0 Å². The molecule has 4 rings (SSSR count). The summed E-state index contributed by atoms with van der Waals surface area (Å²) in [7, 11) is 0. The maximum atomic E-state index is 13.5. The molecule has 124 valence electrons. The van der Waals surface area contributed by atoms with Gasteiger partial charge in [-0.2, -0.15) is 0 Å². The summed E-state index contributed by atoms with van der Waals surface area (Å²) in [5, 5.41) is 3.69. The molecule has 2 atom stereocenters. The van der Waals surface area contributed by atoms with E-state index in [4.69, 9.17) is 0 Å². The average Bonchev–Trinajstić information content (AvgIpc) is 3.14. The Morgan fingerprint density at radius 1 is 1.17 bits per heavy atom. The van der Waals surface area contributed by atoms with Gasteiger partial charge in [0.1, 0.15) is 0 Å². The van der Waals surface area contributed by atoms with Gasteiger partial charge >= 0.3 is 0 Å². The molecular weight excluding hydrogens is 352 g/mol. The van der Waals surface area contributed by atoms with Crippen LogP contribution in [-0.2, 0) is 10.2 Å². The van der Waals surface area contributed by atoms with Gasteiger partial charge in [-0.05, 0) is 49.8 Å².